The van der Waals surface area contributed by atoms with E-state index in [0.29, 0.717) is 11.4 Å². The first-order chi connectivity index (χ1) is 15.4. The Balaban J connectivity index is 1.64. The number of carbonyl (C=O) groups excluding carboxylic acids is 1. The number of nitrogens with zero attached hydrogens (tertiary/aromatic N) is 3. The highest BCUT2D eigenvalue weighted by Crippen LogP contribution is 2.26. The molecule has 1 amide bonds. The number of ether oxygens (including phenoxy) is 1. The first kappa shape index (κ1) is 21.2. The highest BCUT2D eigenvalue weighted by molar-refractivity contribution is 6.04. The van der Waals surface area contributed by atoms with Crippen molar-refractivity contribution in [3.05, 3.63) is 90.0 Å². The zero-order valence-electron chi connectivity index (χ0n) is 17.4. The maximum absolute atomic E-state index is 14.4. The van der Waals surface area contributed by atoms with Gasteiger partial charge in [-0.1, -0.05) is 18.2 Å². The van der Waals surface area contributed by atoms with Crippen LogP contribution in [0.15, 0.2) is 72.8 Å². The van der Waals surface area contributed by atoms with Crippen LogP contribution in [0.3, 0.4) is 0 Å². The molecular weight excluding hydrogens is 414 g/mol. The van der Waals surface area contributed by atoms with Gasteiger partial charge in [0, 0.05) is 11.3 Å². The van der Waals surface area contributed by atoms with E-state index < -0.39 is 17.5 Å². The lowest BCUT2D eigenvalue weighted by molar-refractivity contribution is 0.102. The predicted molar refractivity (Wildman–Crippen MR) is 117 cm³/mol. The molecule has 3 aromatic carbocycles. The topological polar surface area (TPSA) is 69.0 Å². The summed E-state index contributed by atoms with van der Waals surface area (Å²) in [6.07, 6.45) is -0.153. The average molecular weight is 434 g/mol. The van der Waals surface area contributed by atoms with Crippen LogP contribution in [0.25, 0.3) is 17.1 Å². The quantitative estimate of drug-likeness (QED) is 0.450. The molecule has 0 fully saturated rings. The summed E-state index contributed by atoms with van der Waals surface area (Å²) in [5, 5.41) is 7.09. The molecule has 6 nitrogen and oxygen atoms in total. The fourth-order valence-electron chi connectivity index (χ4n) is 3.07. The molecule has 4 rings (SSSR count). The first-order valence-electron chi connectivity index (χ1n) is 9.96. The van der Waals surface area contributed by atoms with Crippen LogP contribution in [0.1, 0.15) is 24.2 Å². The molecule has 162 valence electrons. The van der Waals surface area contributed by atoms with Gasteiger partial charge in [-0.15, -0.1) is 5.10 Å². The minimum absolute atomic E-state index is 0.127. The van der Waals surface area contributed by atoms with Crippen LogP contribution in [-0.2, 0) is 0 Å². The number of nitrogens with one attached hydrogen (secondary N) is 1. The summed E-state index contributed by atoms with van der Waals surface area (Å²) in [6.45, 7) is 3.69. The number of halogens is 2. The lowest BCUT2D eigenvalue weighted by atomic mass is 10.2. The Bertz CT molecular complexity index is 1250. The summed E-state index contributed by atoms with van der Waals surface area (Å²) >= 11 is 0. The number of aromatic nitrogens is 3. The molecule has 0 aliphatic carbocycles. The summed E-state index contributed by atoms with van der Waals surface area (Å²) in [6, 6.07) is 18.6. The molecule has 1 aromatic heterocycles. The van der Waals surface area contributed by atoms with Crippen LogP contribution < -0.4 is 10.1 Å². The Morgan fingerprint density at radius 2 is 1.75 bits per heavy atom. The van der Waals surface area contributed by atoms with Crippen LogP contribution in [-0.4, -0.2) is 26.8 Å². The van der Waals surface area contributed by atoms with Crippen molar-refractivity contribution in [2.45, 2.75) is 20.0 Å². The van der Waals surface area contributed by atoms with Gasteiger partial charge in [0.1, 0.15) is 11.6 Å². The summed E-state index contributed by atoms with van der Waals surface area (Å²) in [7, 11) is 0. The highest BCUT2D eigenvalue weighted by Gasteiger charge is 2.18. The van der Waals surface area contributed by atoms with Gasteiger partial charge in [0.05, 0.1) is 17.4 Å². The van der Waals surface area contributed by atoms with Crippen molar-refractivity contribution >= 4 is 11.6 Å². The van der Waals surface area contributed by atoms with Crippen LogP contribution in [0.5, 0.6) is 6.01 Å². The Kier molecular flexibility index (Phi) is 5.93. The third-order valence-corrected chi connectivity index (χ3v) is 4.50. The van der Waals surface area contributed by atoms with Gasteiger partial charge in [-0.2, -0.15) is 4.98 Å². The molecule has 0 spiro atoms. The molecule has 0 bridgehead atoms. The second-order valence-corrected chi connectivity index (χ2v) is 7.29. The van der Waals surface area contributed by atoms with E-state index in [9.17, 15) is 13.6 Å². The van der Waals surface area contributed by atoms with E-state index in [1.807, 2.05) is 13.8 Å². The smallest absolute Gasteiger partial charge is 0.336 e. The monoisotopic (exact) mass is 434 g/mol. The molecule has 0 saturated carbocycles. The molecular formula is C24H20F2N4O2. The van der Waals surface area contributed by atoms with Crippen molar-refractivity contribution < 1.29 is 18.3 Å². The summed E-state index contributed by atoms with van der Waals surface area (Å²) < 4.78 is 34.9. The van der Waals surface area contributed by atoms with Gasteiger partial charge in [0.15, 0.2) is 5.82 Å². The highest BCUT2D eigenvalue weighted by atomic mass is 19.1. The molecule has 0 atom stereocenters. The number of benzene rings is 3. The molecule has 1 N–H and O–H groups in total. The van der Waals surface area contributed by atoms with Crippen LogP contribution in [0.4, 0.5) is 14.5 Å². The Morgan fingerprint density at radius 1 is 1.00 bits per heavy atom. The van der Waals surface area contributed by atoms with Gasteiger partial charge >= 0.3 is 6.01 Å². The van der Waals surface area contributed by atoms with Crippen molar-refractivity contribution in [3.8, 4) is 23.1 Å². The van der Waals surface area contributed by atoms with Crippen LogP contribution >= 0.6 is 0 Å². The average Bonchev–Trinajstić information content (AvgIpc) is 3.17. The fraction of sp³-hybridized carbons (Fsp3) is 0.125. The SMILES string of the molecule is CC(C)Oc1nc(-c2ccccc2F)n(-c2ccc(NC(=O)c3cccc(F)c3)cc2)n1. The van der Waals surface area contributed by atoms with Gasteiger partial charge < -0.3 is 10.1 Å². The summed E-state index contributed by atoms with van der Waals surface area (Å²) in [5.74, 6) is -1.07. The van der Waals surface area contributed by atoms with Crippen molar-refractivity contribution in [1.29, 1.82) is 0 Å². The van der Waals surface area contributed by atoms with Crippen molar-refractivity contribution in [2.24, 2.45) is 0 Å². The lowest BCUT2D eigenvalue weighted by Gasteiger charge is -2.09. The number of carbonyl (C=O) groups is 1. The number of hydrogen-bond donors (Lipinski definition) is 1. The normalized spacial score (nSPS) is 10.9. The van der Waals surface area contributed by atoms with Gasteiger partial charge in [-0.05, 0) is 68.4 Å². The van der Waals surface area contributed by atoms with E-state index in [1.165, 1.54) is 28.9 Å². The van der Waals surface area contributed by atoms with E-state index in [1.54, 1.807) is 42.5 Å². The maximum atomic E-state index is 14.4. The molecule has 0 aliphatic heterocycles. The van der Waals surface area contributed by atoms with E-state index in [0.717, 1.165) is 6.07 Å². The van der Waals surface area contributed by atoms with Gasteiger partial charge in [-0.25, -0.2) is 13.5 Å². The zero-order valence-corrected chi connectivity index (χ0v) is 17.4. The summed E-state index contributed by atoms with van der Waals surface area (Å²) in [5.41, 5.74) is 1.59. The van der Waals surface area contributed by atoms with Crippen molar-refractivity contribution in [2.75, 3.05) is 5.32 Å². The third-order valence-electron chi connectivity index (χ3n) is 4.50. The van der Waals surface area contributed by atoms with Crippen molar-refractivity contribution in [1.82, 2.24) is 14.8 Å². The van der Waals surface area contributed by atoms with Crippen molar-refractivity contribution in [3.63, 3.8) is 0 Å². The molecule has 0 unspecified atom stereocenters. The van der Waals surface area contributed by atoms with E-state index >= 15 is 0 Å². The predicted octanol–water partition coefficient (Wildman–Crippen LogP) is 5.25. The molecule has 4 aromatic rings. The molecule has 0 radical (unpaired) electrons. The standard InChI is InChI=1S/C24H20F2N4O2/c1-15(2)32-24-28-22(20-8-3-4-9-21(20)26)30(29-24)19-12-10-18(11-13-19)27-23(31)16-6-5-7-17(25)14-16/h3-15H,1-2H3,(H,27,31). The van der Waals surface area contributed by atoms with E-state index in [2.05, 4.69) is 15.4 Å². The number of amides is 1. The largest absolute Gasteiger partial charge is 0.460 e. The molecule has 32 heavy (non-hydrogen) atoms. The Labute approximate surface area is 183 Å². The second kappa shape index (κ2) is 8.97. The molecule has 8 heteroatoms. The first-order valence-corrected chi connectivity index (χ1v) is 9.96. The van der Waals surface area contributed by atoms with E-state index in [-0.39, 0.29) is 29.1 Å². The summed E-state index contributed by atoms with van der Waals surface area (Å²) in [4.78, 5) is 16.7. The maximum Gasteiger partial charge on any atom is 0.336 e. The zero-order chi connectivity index (χ0) is 22.7. The lowest BCUT2D eigenvalue weighted by Crippen LogP contribution is -2.12. The minimum atomic E-state index is -0.487. The molecule has 0 saturated heterocycles. The van der Waals surface area contributed by atoms with Gasteiger partial charge in [-0.3, -0.25) is 4.79 Å². The fourth-order valence-corrected chi connectivity index (χ4v) is 3.07. The van der Waals surface area contributed by atoms with Crippen LogP contribution in [0, 0.1) is 11.6 Å². The third kappa shape index (κ3) is 4.64. The number of anilines is 1. The minimum Gasteiger partial charge on any atom is -0.460 e. The Hall–Kier alpha value is -4.07. The second-order valence-electron chi connectivity index (χ2n) is 7.29. The number of rotatable bonds is 6. The number of hydrogen-bond acceptors (Lipinski definition) is 4. The van der Waals surface area contributed by atoms with E-state index in [4.69, 9.17) is 4.74 Å². The van der Waals surface area contributed by atoms with Gasteiger partial charge in [0.2, 0.25) is 0 Å². The molecule has 0 aliphatic rings. The van der Waals surface area contributed by atoms with Crippen LogP contribution in [0.2, 0.25) is 0 Å². The Morgan fingerprint density at radius 3 is 2.44 bits per heavy atom. The van der Waals surface area contributed by atoms with Gasteiger partial charge in [0.25, 0.3) is 5.91 Å². The molecule has 1 heterocycles.